The fourth-order valence-electron chi connectivity index (χ4n) is 2.12. The van der Waals surface area contributed by atoms with Gasteiger partial charge in [-0.25, -0.2) is 4.98 Å². The first-order valence-corrected chi connectivity index (χ1v) is 9.11. The molecule has 0 radical (unpaired) electrons. The fourth-order valence-corrected chi connectivity index (χ4v) is 2.78. The van der Waals surface area contributed by atoms with E-state index in [0.717, 1.165) is 10.6 Å². The molecule has 6 nitrogen and oxygen atoms in total. The number of rotatable bonds is 7. The molecule has 0 spiro atoms. The van der Waals surface area contributed by atoms with E-state index in [1.54, 1.807) is 35.8 Å². The summed E-state index contributed by atoms with van der Waals surface area (Å²) in [5.41, 5.74) is 0.767. The predicted molar refractivity (Wildman–Crippen MR) is 102 cm³/mol. The number of likely N-dealkylation sites (N-methyl/N-ethyl adjacent to an activating group) is 1. The molecule has 0 aliphatic carbocycles. The average molecular weight is 379 g/mol. The van der Waals surface area contributed by atoms with Crippen LogP contribution in [-0.4, -0.2) is 48.1 Å². The first kappa shape index (κ1) is 19.2. The smallest absolute Gasteiger partial charge is 0.239 e. The molecule has 25 heavy (non-hydrogen) atoms. The van der Waals surface area contributed by atoms with Crippen LogP contribution >= 0.6 is 23.4 Å². The van der Waals surface area contributed by atoms with Crippen LogP contribution in [0.4, 0.5) is 11.5 Å². The minimum Gasteiger partial charge on any atom is -0.324 e. The maximum atomic E-state index is 12.1. The third-order valence-corrected chi connectivity index (χ3v) is 4.22. The van der Waals surface area contributed by atoms with Crippen LogP contribution in [0.1, 0.15) is 0 Å². The highest BCUT2D eigenvalue weighted by Gasteiger charge is 2.12. The summed E-state index contributed by atoms with van der Waals surface area (Å²) in [6, 6.07) is 10.8. The van der Waals surface area contributed by atoms with E-state index in [0.29, 0.717) is 10.8 Å². The number of benzene rings is 1. The first-order valence-electron chi connectivity index (χ1n) is 7.50. The lowest BCUT2D eigenvalue weighted by Crippen LogP contribution is -2.36. The van der Waals surface area contributed by atoms with Gasteiger partial charge in [-0.3, -0.25) is 14.5 Å². The number of amides is 2. The topological polar surface area (TPSA) is 74.3 Å². The number of halogens is 1. The van der Waals surface area contributed by atoms with Gasteiger partial charge in [0.05, 0.1) is 23.8 Å². The van der Waals surface area contributed by atoms with Gasteiger partial charge in [-0.1, -0.05) is 23.7 Å². The van der Waals surface area contributed by atoms with E-state index >= 15 is 0 Å². The maximum Gasteiger partial charge on any atom is 0.239 e. The van der Waals surface area contributed by atoms with Gasteiger partial charge < -0.3 is 10.6 Å². The third-order valence-electron chi connectivity index (χ3n) is 3.20. The molecule has 0 saturated heterocycles. The Morgan fingerprint density at radius 1 is 1.12 bits per heavy atom. The lowest BCUT2D eigenvalue weighted by atomic mass is 10.3. The van der Waals surface area contributed by atoms with Crippen molar-refractivity contribution in [2.45, 2.75) is 4.90 Å². The lowest BCUT2D eigenvalue weighted by molar-refractivity contribution is -0.119. The summed E-state index contributed by atoms with van der Waals surface area (Å²) < 4.78 is 0. The molecule has 1 aromatic carbocycles. The molecule has 2 aromatic rings. The molecule has 0 unspecified atom stereocenters. The Labute approximate surface area is 156 Å². The van der Waals surface area contributed by atoms with Crippen molar-refractivity contribution >= 4 is 46.7 Å². The molecule has 0 aliphatic rings. The molecule has 0 fully saturated rings. The SMILES string of the molecule is CSc1ccccc1NC(=O)CN(C)CC(=O)Nc1ccc(Cl)cn1. The van der Waals surface area contributed by atoms with Gasteiger partial charge in [-0.05, 0) is 37.6 Å². The molecular formula is C17H19ClN4O2S. The highest BCUT2D eigenvalue weighted by molar-refractivity contribution is 7.98. The number of anilines is 2. The van der Waals surface area contributed by atoms with Crippen LogP contribution in [0, 0.1) is 0 Å². The van der Waals surface area contributed by atoms with Crippen molar-refractivity contribution in [1.82, 2.24) is 9.88 Å². The first-order chi connectivity index (χ1) is 12.0. The Hall–Kier alpha value is -2.09. The van der Waals surface area contributed by atoms with Crippen molar-refractivity contribution in [1.29, 1.82) is 0 Å². The molecule has 8 heteroatoms. The van der Waals surface area contributed by atoms with Crippen LogP contribution in [0.15, 0.2) is 47.5 Å². The van der Waals surface area contributed by atoms with Gasteiger partial charge in [0.15, 0.2) is 0 Å². The van der Waals surface area contributed by atoms with Crippen molar-refractivity contribution < 1.29 is 9.59 Å². The number of nitrogens with one attached hydrogen (secondary N) is 2. The minimum absolute atomic E-state index is 0.0713. The Morgan fingerprint density at radius 2 is 1.80 bits per heavy atom. The maximum absolute atomic E-state index is 12.1. The van der Waals surface area contributed by atoms with Crippen LogP contribution in [0.3, 0.4) is 0 Å². The second-order valence-corrected chi connectivity index (χ2v) is 6.62. The molecule has 2 amide bonds. The van der Waals surface area contributed by atoms with Crippen LogP contribution in [0.5, 0.6) is 0 Å². The summed E-state index contributed by atoms with van der Waals surface area (Å²) in [6.45, 7) is 0.173. The number of thioether (sulfide) groups is 1. The zero-order valence-corrected chi connectivity index (χ0v) is 15.5. The van der Waals surface area contributed by atoms with E-state index in [4.69, 9.17) is 11.6 Å². The zero-order valence-electron chi connectivity index (χ0n) is 14.0. The number of carbonyl (C=O) groups excluding carboxylic acids is 2. The Bertz CT molecular complexity index is 740. The summed E-state index contributed by atoms with van der Waals surface area (Å²) in [6.07, 6.45) is 3.41. The number of pyridine rings is 1. The number of hydrogen-bond donors (Lipinski definition) is 2. The second-order valence-electron chi connectivity index (χ2n) is 5.33. The predicted octanol–water partition coefficient (Wildman–Crippen LogP) is 2.97. The van der Waals surface area contributed by atoms with Gasteiger partial charge in [0.25, 0.3) is 0 Å². The number of hydrogen-bond acceptors (Lipinski definition) is 5. The second kappa shape index (κ2) is 9.41. The van der Waals surface area contributed by atoms with Gasteiger partial charge in [0.2, 0.25) is 11.8 Å². The van der Waals surface area contributed by atoms with Gasteiger partial charge >= 0.3 is 0 Å². The van der Waals surface area contributed by atoms with Crippen molar-refractivity contribution in [3.05, 3.63) is 47.6 Å². The summed E-state index contributed by atoms with van der Waals surface area (Å²) in [4.78, 5) is 30.8. The van der Waals surface area contributed by atoms with Crippen molar-refractivity contribution in [2.24, 2.45) is 0 Å². The Morgan fingerprint density at radius 3 is 2.44 bits per heavy atom. The van der Waals surface area contributed by atoms with Crippen LogP contribution < -0.4 is 10.6 Å². The fraction of sp³-hybridized carbons (Fsp3) is 0.235. The van der Waals surface area contributed by atoms with Gasteiger partial charge in [0.1, 0.15) is 5.82 Å². The molecule has 1 heterocycles. The number of aromatic nitrogens is 1. The van der Waals surface area contributed by atoms with Crippen molar-refractivity contribution in [2.75, 3.05) is 37.0 Å². The van der Waals surface area contributed by atoms with Crippen LogP contribution in [0.25, 0.3) is 0 Å². The average Bonchev–Trinajstić information content (AvgIpc) is 2.57. The monoisotopic (exact) mass is 378 g/mol. The Kier molecular flexibility index (Phi) is 7.24. The summed E-state index contributed by atoms with van der Waals surface area (Å²) in [7, 11) is 1.70. The van der Waals surface area contributed by atoms with Gasteiger partial charge in [-0.15, -0.1) is 11.8 Å². The van der Waals surface area contributed by atoms with E-state index < -0.39 is 0 Å². The highest BCUT2D eigenvalue weighted by Crippen LogP contribution is 2.24. The van der Waals surface area contributed by atoms with E-state index in [2.05, 4.69) is 15.6 Å². The summed E-state index contributed by atoms with van der Waals surface area (Å²) in [5.74, 6) is -0.0165. The lowest BCUT2D eigenvalue weighted by Gasteiger charge is -2.16. The van der Waals surface area contributed by atoms with E-state index in [1.165, 1.54) is 6.20 Å². The molecule has 132 valence electrons. The van der Waals surface area contributed by atoms with E-state index in [9.17, 15) is 9.59 Å². The highest BCUT2D eigenvalue weighted by atomic mass is 35.5. The standard InChI is InChI=1S/C17H19ClN4O2S/c1-22(11-17(24)21-15-8-7-12(18)9-19-15)10-16(23)20-13-5-3-4-6-14(13)25-2/h3-9H,10-11H2,1-2H3,(H,20,23)(H,19,21,24). The summed E-state index contributed by atoms with van der Waals surface area (Å²) >= 11 is 7.31. The molecule has 1 aromatic heterocycles. The molecule has 0 aliphatic heterocycles. The van der Waals surface area contributed by atoms with Gasteiger partial charge in [-0.2, -0.15) is 0 Å². The van der Waals surface area contributed by atoms with Crippen LogP contribution in [0.2, 0.25) is 5.02 Å². The quantitative estimate of drug-likeness (QED) is 0.724. The normalized spacial score (nSPS) is 10.6. The van der Waals surface area contributed by atoms with Crippen molar-refractivity contribution in [3.8, 4) is 0 Å². The molecule has 2 rings (SSSR count). The largest absolute Gasteiger partial charge is 0.324 e. The zero-order chi connectivity index (χ0) is 18.2. The minimum atomic E-state index is -0.255. The molecule has 0 saturated carbocycles. The van der Waals surface area contributed by atoms with E-state index in [-0.39, 0.29) is 24.9 Å². The molecular weight excluding hydrogens is 360 g/mol. The molecule has 0 atom stereocenters. The molecule has 2 N–H and O–H groups in total. The summed E-state index contributed by atoms with van der Waals surface area (Å²) in [5, 5.41) is 6.01. The number of carbonyl (C=O) groups is 2. The Balaban J connectivity index is 1.82. The molecule has 0 bridgehead atoms. The van der Waals surface area contributed by atoms with Crippen LogP contribution in [-0.2, 0) is 9.59 Å². The number of nitrogens with zero attached hydrogens (tertiary/aromatic N) is 2. The van der Waals surface area contributed by atoms with E-state index in [1.807, 2.05) is 30.5 Å². The van der Waals surface area contributed by atoms with Gasteiger partial charge in [0, 0.05) is 11.1 Å². The number of para-hydroxylation sites is 1. The van der Waals surface area contributed by atoms with Crippen molar-refractivity contribution in [3.63, 3.8) is 0 Å². The third kappa shape index (κ3) is 6.38.